The second kappa shape index (κ2) is 14.9. The smallest absolute Gasteiger partial charge is 0.344 e. The highest BCUT2D eigenvalue weighted by Crippen LogP contribution is 2.27. The third-order valence-corrected chi connectivity index (χ3v) is 7.12. The van der Waals surface area contributed by atoms with E-state index in [4.69, 9.17) is 28.4 Å². The van der Waals surface area contributed by atoms with Crippen molar-refractivity contribution in [2.75, 3.05) is 40.6 Å². The van der Waals surface area contributed by atoms with E-state index in [2.05, 4.69) is 0 Å². The summed E-state index contributed by atoms with van der Waals surface area (Å²) in [6.07, 6.45) is 0. The first-order chi connectivity index (χ1) is 21.2. The number of rotatable bonds is 13. The summed E-state index contributed by atoms with van der Waals surface area (Å²) in [6, 6.07) is 22.4. The summed E-state index contributed by atoms with van der Waals surface area (Å²) < 4.78 is 30.6. The van der Waals surface area contributed by atoms with Crippen LogP contribution in [0.5, 0.6) is 11.5 Å². The molecular formula is C34H34O10. The molecule has 0 aliphatic carbocycles. The Bertz CT molecular complexity index is 1540. The Labute approximate surface area is 254 Å². The van der Waals surface area contributed by atoms with Gasteiger partial charge in [-0.25, -0.2) is 9.59 Å². The van der Waals surface area contributed by atoms with E-state index >= 15 is 0 Å². The van der Waals surface area contributed by atoms with Crippen LogP contribution in [0.15, 0.2) is 72.8 Å². The molecule has 0 aromatic heterocycles. The molecule has 44 heavy (non-hydrogen) atoms. The lowest BCUT2D eigenvalue weighted by Crippen LogP contribution is -2.23. The van der Waals surface area contributed by atoms with Crippen LogP contribution in [0, 0.1) is 0 Å². The van der Waals surface area contributed by atoms with E-state index in [0.717, 1.165) is 44.2 Å². The predicted octanol–water partition coefficient (Wildman–Crippen LogP) is 5.09. The molecule has 0 amide bonds. The van der Waals surface area contributed by atoms with Gasteiger partial charge in [0.15, 0.2) is 13.2 Å². The van der Waals surface area contributed by atoms with Gasteiger partial charge in [0.1, 0.15) is 24.7 Å². The molecule has 0 fully saturated rings. The lowest BCUT2D eigenvalue weighted by molar-refractivity contribution is -0.164. The van der Waals surface area contributed by atoms with Gasteiger partial charge in [-0.1, -0.05) is 48.5 Å². The van der Waals surface area contributed by atoms with Crippen LogP contribution in [0.25, 0.3) is 21.5 Å². The number of hydrogen-bond acceptors (Lipinski definition) is 10. The maximum Gasteiger partial charge on any atom is 0.344 e. The zero-order valence-electron chi connectivity index (χ0n) is 25.0. The largest absolute Gasteiger partial charge is 0.497 e. The third kappa shape index (κ3) is 8.25. The molecule has 0 aliphatic heterocycles. The normalized spacial score (nSPS) is 12.2. The minimum absolute atomic E-state index is 0.252. The Balaban J connectivity index is 1.13. The molecule has 0 unspecified atom stereocenters. The van der Waals surface area contributed by atoms with Crippen molar-refractivity contribution in [1.29, 1.82) is 0 Å². The summed E-state index contributed by atoms with van der Waals surface area (Å²) >= 11 is 0. The van der Waals surface area contributed by atoms with Gasteiger partial charge in [-0.05, 0) is 70.8 Å². The van der Waals surface area contributed by atoms with Crippen molar-refractivity contribution >= 4 is 45.4 Å². The lowest BCUT2D eigenvalue weighted by Gasteiger charge is -2.13. The lowest BCUT2D eigenvalue weighted by atomic mass is 9.98. The molecule has 10 nitrogen and oxygen atoms in total. The van der Waals surface area contributed by atoms with Gasteiger partial charge in [0, 0.05) is 0 Å². The van der Waals surface area contributed by atoms with Crippen LogP contribution < -0.4 is 9.47 Å². The minimum Gasteiger partial charge on any atom is -0.497 e. The topological polar surface area (TPSA) is 124 Å². The van der Waals surface area contributed by atoms with Crippen molar-refractivity contribution in [2.45, 2.75) is 25.7 Å². The van der Waals surface area contributed by atoms with E-state index in [1.807, 2.05) is 72.8 Å². The molecule has 0 aliphatic rings. The number of carbonyl (C=O) groups is 4. The molecule has 230 valence electrons. The first kappa shape index (κ1) is 31.8. The van der Waals surface area contributed by atoms with Gasteiger partial charge in [-0.15, -0.1) is 0 Å². The third-order valence-electron chi connectivity index (χ3n) is 7.12. The number of esters is 4. The Morgan fingerprint density at radius 1 is 0.523 bits per heavy atom. The van der Waals surface area contributed by atoms with Crippen molar-refractivity contribution < 1.29 is 47.6 Å². The molecule has 0 radical (unpaired) electrons. The predicted molar refractivity (Wildman–Crippen MR) is 162 cm³/mol. The first-order valence-corrected chi connectivity index (χ1v) is 14.0. The molecule has 0 saturated carbocycles. The molecule has 0 bridgehead atoms. The number of carbonyl (C=O) groups excluding carboxylic acids is 4. The van der Waals surface area contributed by atoms with Crippen LogP contribution in [0.3, 0.4) is 0 Å². The van der Waals surface area contributed by atoms with Crippen LogP contribution in [-0.2, 0) is 38.1 Å². The average Bonchev–Trinajstić information content (AvgIpc) is 3.06. The average molecular weight is 603 g/mol. The number of benzene rings is 4. The minimum atomic E-state index is -0.790. The van der Waals surface area contributed by atoms with Gasteiger partial charge in [-0.2, -0.15) is 0 Å². The molecule has 0 spiro atoms. The Morgan fingerprint density at radius 3 is 1.27 bits per heavy atom. The molecule has 0 N–H and O–H groups in total. The zero-order chi connectivity index (χ0) is 31.6. The first-order valence-electron chi connectivity index (χ1n) is 14.0. The van der Waals surface area contributed by atoms with Gasteiger partial charge < -0.3 is 28.4 Å². The monoisotopic (exact) mass is 602 g/mol. The Kier molecular flexibility index (Phi) is 10.7. The van der Waals surface area contributed by atoms with E-state index in [-0.39, 0.29) is 13.2 Å². The van der Waals surface area contributed by atoms with E-state index < -0.39 is 48.9 Å². The summed E-state index contributed by atoms with van der Waals surface area (Å²) in [5.41, 5.74) is 1.47. The summed E-state index contributed by atoms with van der Waals surface area (Å²) in [5.74, 6) is -2.49. The SMILES string of the molecule is COc1ccc2cc([C@@H](C)C(=O)OCC(=O)OCCOC(=O)COC(=O)[C@H](C)c3ccc4cc(OC)ccc4c3)ccc2c1. The Morgan fingerprint density at radius 2 is 0.886 bits per heavy atom. The molecule has 10 heteroatoms. The van der Waals surface area contributed by atoms with E-state index in [0.29, 0.717) is 0 Å². The van der Waals surface area contributed by atoms with Crippen molar-refractivity contribution in [3.8, 4) is 11.5 Å². The molecule has 0 heterocycles. The number of hydrogen-bond donors (Lipinski definition) is 0. The van der Waals surface area contributed by atoms with E-state index in [1.165, 1.54) is 0 Å². The summed E-state index contributed by atoms with van der Waals surface area (Å²) in [7, 11) is 3.19. The maximum atomic E-state index is 12.5. The quantitative estimate of drug-likeness (QED) is 0.116. The molecule has 4 aromatic rings. The van der Waals surface area contributed by atoms with Gasteiger partial charge in [0.2, 0.25) is 0 Å². The van der Waals surface area contributed by atoms with Crippen molar-refractivity contribution in [3.05, 3.63) is 83.9 Å². The highest BCUT2D eigenvalue weighted by atomic mass is 16.6. The number of ether oxygens (including phenoxy) is 6. The second-order valence-electron chi connectivity index (χ2n) is 10.0. The summed E-state index contributed by atoms with van der Waals surface area (Å²) in [6.45, 7) is 1.70. The zero-order valence-corrected chi connectivity index (χ0v) is 25.0. The van der Waals surface area contributed by atoms with Gasteiger partial charge in [0.25, 0.3) is 0 Å². The van der Waals surface area contributed by atoms with E-state index in [1.54, 1.807) is 28.1 Å². The summed E-state index contributed by atoms with van der Waals surface area (Å²) in [5, 5.41) is 3.81. The molecule has 4 rings (SSSR count). The molecule has 0 saturated heterocycles. The molecule has 2 atom stereocenters. The maximum absolute atomic E-state index is 12.5. The number of fused-ring (bicyclic) bond motifs is 2. The van der Waals surface area contributed by atoms with Crippen LogP contribution >= 0.6 is 0 Å². The van der Waals surface area contributed by atoms with Crippen molar-refractivity contribution in [2.24, 2.45) is 0 Å². The standard InChI is InChI=1S/C34H34O10/c1-21(23-5-7-27-17-29(39-3)11-9-25(27)15-23)33(37)43-19-31(35)41-13-14-42-32(36)20-44-34(38)22(2)24-6-8-28-18-30(40-4)12-10-26(28)16-24/h5-12,15-18,21-22H,13-14,19-20H2,1-4H3/t21-,22-/m1/s1. The highest BCUT2D eigenvalue weighted by Gasteiger charge is 2.20. The van der Waals surface area contributed by atoms with Gasteiger partial charge in [-0.3, -0.25) is 9.59 Å². The van der Waals surface area contributed by atoms with Crippen LogP contribution in [0.4, 0.5) is 0 Å². The van der Waals surface area contributed by atoms with E-state index in [9.17, 15) is 19.2 Å². The summed E-state index contributed by atoms with van der Waals surface area (Å²) in [4.78, 5) is 49.0. The number of methoxy groups -OCH3 is 2. The van der Waals surface area contributed by atoms with Gasteiger partial charge in [0.05, 0.1) is 26.1 Å². The molecular weight excluding hydrogens is 568 g/mol. The van der Waals surface area contributed by atoms with Crippen molar-refractivity contribution in [3.63, 3.8) is 0 Å². The highest BCUT2D eigenvalue weighted by molar-refractivity contribution is 5.88. The molecule has 4 aromatic carbocycles. The van der Waals surface area contributed by atoms with Gasteiger partial charge >= 0.3 is 23.9 Å². The van der Waals surface area contributed by atoms with Crippen LogP contribution in [-0.4, -0.2) is 64.5 Å². The van der Waals surface area contributed by atoms with Crippen LogP contribution in [0.1, 0.15) is 36.8 Å². The fraction of sp³-hybridized carbons (Fsp3) is 0.294. The second-order valence-corrected chi connectivity index (χ2v) is 10.0. The fourth-order valence-electron chi connectivity index (χ4n) is 4.45. The van der Waals surface area contributed by atoms with Crippen molar-refractivity contribution in [1.82, 2.24) is 0 Å². The Hall–Kier alpha value is -5.12. The van der Waals surface area contributed by atoms with Crippen LogP contribution in [0.2, 0.25) is 0 Å². The fourth-order valence-corrected chi connectivity index (χ4v) is 4.45.